The van der Waals surface area contributed by atoms with Gasteiger partial charge in [-0.2, -0.15) is 0 Å². The Morgan fingerprint density at radius 2 is 1.52 bits per heavy atom. The van der Waals surface area contributed by atoms with Gasteiger partial charge in [0.1, 0.15) is 5.75 Å². The Labute approximate surface area is 170 Å². The summed E-state index contributed by atoms with van der Waals surface area (Å²) in [6, 6.07) is 11.6. The van der Waals surface area contributed by atoms with Gasteiger partial charge in [-0.3, -0.25) is 14.5 Å². The third kappa shape index (κ3) is 6.11. The average molecular weight is 401 g/mol. The van der Waals surface area contributed by atoms with Crippen molar-refractivity contribution in [2.45, 2.75) is 13.0 Å². The summed E-state index contributed by atoms with van der Waals surface area (Å²) in [5, 5.41) is 5.62. The van der Waals surface area contributed by atoms with Crippen LogP contribution in [0.5, 0.6) is 17.2 Å². The van der Waals surface area contributed by atoms with Crippen LogP contribution in [0.2, 0.25) is 0 Å². The van der Waals surface area contributed by atoms with Gasteiger partial charge in [-0.1, -0.05) is 0 Å². The van der Waals surface area contributed by atoms with Crippen molar-refractivity contribution in [2.24, 2.45) is 0 Å². The first-order valence-corrected chi connectivity index (χ1v) is 9.05. The van der Waals surface area contributed by atoms with Crippen molar-refractivity contribution in [3.05, 3.63) is 42.5 Å². The number of methoxy groups -OCH3 is 3. The first-order valence-electron chi connectivity index (χ1n) is 9.05. The second-order valence-corrected chi connectivity index (χ2v) is 6.43. The highest BCUT2D eigenvalue weighted by atomic mass is 16.5. The summed E-state index contributed by atoms with van der Waals surface area (Å²) < 4.78 is 15.5. The Balaban J connectivity index is 1.91. The molecule has 0 aliphatic rings. The lowest BCUT2D eigenvalue weighted by Gasteiger charge is -2.23. The minimum atomic E-state index is -0.523. The topological polar surface area (TPSA) is 89.1 Å². The van der Waals surface area contributed by atoms with Gasteiger partial charge >= 0.3 is 0 Å². The Kier molecular flexibility index (Phi) is 7.85. The van der Waals surface area contributed by atoms with E-state index in [1.54, 1.807) is 75.6 Å². The van der Waals surface area contributed by atoms with Crippen LogP contribution in [-0.2, 0) is 9.59 Å². The summed E-state index contributed by atoms with van der Waals surface area (Å²) in [6.07, 6.45) is 0. The molecule has 0 fully saturated rings. The number of hydrogen-bond donors (Lipinski definition) is 2. The van der Waals surface area contributed by atoms with Crippen LogP contribution >= 0.6 is 0 Å². The normalized spacial score (nSPS) is 11.5. The zero-order chi connectivity index (χ0) is 21.4. The number of hydrogen-bond acceptors (Lipinski definition) is 6. The molecular weight excluding hydrogens is 374 g/mol. The molecule has 8 nitrogen and oxygen atoms in total. The van der Waals surface area contributed by atoms with Crippen molar-refractivity contribution in [1.29, 1.82) is 0 Å². The molecule has 0 spiro atoms. The summed E-state index contributed by atoms with van der Waals surface area (Å²) in [6.45, 7) is 1.79. The van der Waals surface area contributed by atoms with E-state index in [0.29, 0.717) is 28.6 Å². The van der Waals surface area contributed by atoms with E-state index in [1.165, 1.54) is 7.11 Å². The molecule has 8 heteroatoms. The lowest BCUT2D eigenvalue weighted by molar-refractivity contribution is -0.122. The lowest BCUT2D eigenvalue weighted by atomic mass is 10.2. The van der Waals surface area contributed by atoms with Crippen LogP contribution in [0.1, 0.15) is 6.92 Å². The van der Waals surface area contributed by atoms with Crippen molar-refractivity contribution >= 4 is 23.2 Å². The molecule has 1 unspecified atom stereocenters. The second kappa shape index (κ2) is 10.3. The second-order valence-electron chi connectivity index (χ2n) is 6.43. The van der Waals surface area contributed by atoms with Gasteiger partial charge in [-0.05, 0) is 50.4 Å². The fourth-order valence-corrected chi connectivity index (χ4v) is 2.60. The minimum Gasteiger partial charge on any atom is -0.497 e. The molecule has 2 aromatic carbocycles. The first kappa shape index (κ1) is 22.0. The number of carbonyl (C=O) groups is 2. The SMILES string of the molecule is COc1ccc(NC(=O)CN(C)C(C)C(=O)Nc2ccc(OC)c(OC)c2)cc1. The molecule has 29 heavy (non-hydrogen) atoms. The van der Waals surface area contributed by atoms with Crippen molar-refractivity contribution in [1.82, 2.24) is 4.90 Å². The third-order valence-corrected chi connectivity index (χ3v) is 4.46. The molecule has 0 radical (unpaired) electrons. The molecule has 0 saturated carbocycles. The number of anilines is 2. The fraction of sp³-hybridized carbons (Fsp3) is 0.333. The number of ether oxygens (including phenoxy) is 3. The van der Waals surface area contributed by atoms with Gasteiger partial charge in [-0.15, -0.1) is 0 Å². The van der Waals surface area contributed by atoms with Crippen LogP contribution in [0.15, 0.2) is 42.5 Å². The molecule has 1 atom stereocenters. The zero-order valence-electron chi connectivity index (χ0n) is 17.3. The van der Waals surface area contributed by atoms with Gasteiger partial charge in [-0.25, -0.2) is 0 Å². The van der Waals surface area contributed by atoms with Crippen molar-refractivity contribution in [3.8, 4) is 17.2 Å². The molecule has 0 aliphatic heterocycles. The molecule has 2 aromatic rings. The predicted octanol–water partition coefficient (Wildman–Crippen LogP) is 2.61. The Hall–Kier alpha value is -3.26. The summed E-state index contributed by atoms with van der Waals surface area (Å²) in [5.74, 6) is 1.34. The number of likely N-dealkylation sites (N-methyl/N-ethyl adjacent to an activating group) is 1. The van der Waals surface area contributed by atoms with Crippen LogP contribution < -0.4 is 24.8 Å². The largest absolute Gasteiger partial charge is 0.497 e. The lowest BCUT2D eigenvalue weighted by Crippen LogP contribution is -2.43. The van der Waals surface area contributed by atoms with Crippen LogP contribution in [-0.4, -0.2) is 57.7 Å². The zero-order valence-corrected chi connectivity index (χ0v) is 17.3. The van der Waals surface area contributed by atoms with Crippen LogP contribution in [0.25, 0.3) is 0 Å². The van der Waals surface area contributed by atoms with E-state index in [9.17, 15) is 9.59 Å². The van der Waals surface area contributed by atoms with Gasteiger partial charge in [0.25, 0.3) is 0 Å². The maximum atomic E-state index is 12.5. The first-order chi connectivity index (χ1) is 13.9. The molecular formula is C21H27N3O5. The van der Waals surface area contributed by atoms with Crippen molar-refractivity contribution in [2.75, 3.05) is 45.6 Å². The third-order valence-electron chi connectivity index (χ3n) is 4.46. The van der Waals surface area contributed by atoms with Gasteiger partial charge in [0.2, 0.25) is 11.8 Å². The molecule has 2 N–H and O–H groups in total. The number of amides is 2. The van der Waals surface area contributed by atoms with E-state index in [4.69, 9.17) is 14.2 Å². The average Bonchev–Trinajstić information content (AvgIpc) is 2.73. The Morgan fingerprint density at radius 3 is 2.10 bits per heavy atom. The summed E-state index contributed by atoms with van der Waals surface area (Å²) in [5.41, 5.74) is 1.24. The van der Waals surface area contributed by atoms with Crippen LogP contribution in [0.4, 0.5) is 11.4 Å². The van der Waals surface area contributed by atoms with Crippen molar-refractivity contribution in [3.63, 3.8) is 0 Å². The molecule has 0 aliphatic carbocycles. The van der Waals surface area contributed by atoms with E-state index in [2.05, 4.69) is 10.6 Å². The molecule has 0 heterocycles. The number of nitrogens with zero attached hydrogens (tertiary/aromatic N) is 1. The summed E-state index contributed by atoms with van der Waals surface area (Å²) >= 11 is 0. The van der Waals surface area contributed by atoms with E-state index in [1.807, 2.05) is 0 Å². The molecule has 2 rings (SSSR count). The maximum absolute atomic E-state index is 12.5. The Bertz CT molecular complexity index is 839. The monoisotopic (exact) mass is 401 g/mol. The smallest absolute Gasteiger partial charge is 0.241 e. The summed E-state index contributed by atoms with van der Waals surface area (Å²) in [4.78, 5) is 26.5. The van der Waals surface area contributed by atoms with Crippen LogP contribution in [0.3, 0.4) is 0 Å². The van der Waals surface area contributed by atoms with E-state index in [0.717, 1.165) is 0 Å². The predicted molar refractivity (Wildman–Crippen MR) is 112 cm³/mol. The van der Waals surface area contributed by atoms with Gasteiger partial charge in [0.05, 0.1) is 33.9 Å². The molecule has 0 aromatic heterocycles. The molecule has 156 valence electrons. The quantitative estimate of drug-likeness (QED) is 0.671. The summed E-state index contributed by atoms with van der Waals surface area (Å²) in [7, 11) is 6.37. The maximum Gasteiger partial charge on any atom is 0.241 e. The number of rotatable bonds is 9. The van der Waals surface area contributed by atoms with E-state index >= 15 is 0 Å². The standard InChI is InChI=1S/C21H27N3O5/c1-14(21(26)23-16-8-11-18(28-4)19(12-16)29-5)24(2)13-20(25)22-15-6-9-17(27-3)10-7-15/h6-12,14H,13H2,1-5H3,(H,22,25)(H,23,26). The van der Waals surface area contributed by atoms with Crippen molar-refractivity contribution < 1.29 is 23.8 Å². The highest BCUT2D eigenvalue weighted by Gasteiger charge is 2.21. The van der Waals surface area contributed by atoms with Gasteiger partial charge < -0.3 is 24.8 Å². The molecule has 2 amide bonds. The van der Waals surface area contributed by atoms with Gasteiger partial charge in [0, 0.05) is 17.4 Å². The molecule has 0 saturated heterocycles. The minimum absolute atomic E-state index is 0.0621. The number of carbonyl (C=O) groups excluding carboxylic acids is 2. The number of nitrogens with one attached hydrogen (secondary N) is 2. The van der Waals surface area contributed by atoms with E-state index in [-0.39, 0.29) is 18.4 Å². The highest BCUT2D eigenvalue weighted by molar-refractivity contribution is 5.96. The number of benzene rings is 2. The highest BCUT2D eigenvalue weighted by Crippen LogP contribution is 2.29. The fourth-order valence-electron chi connectivity index (χ4n) is 2.60. The van der Waals surface area contributed by atoms with E-state index < -0.39 is 6.04 Å². The van der Waals surface area contributed by atoms with Gasteiger partial charge in [0.15, 0.2) is 11.5 Å². The Morgan fingerprint density at radius 1 is 0.897 bits per heavy atom. The van der Waals surface area contributed by atoms with Crippen LogP contribution in [0, 0.1) is 0 Å². The molecule has 0 bridgehead atoms.